The van der Waals surface area contributed by atoms with E-state index in [4.69, 9.17) is 16.3 Å². The molecule has 0 saturated carbocycles. The van der Waals surface area contributed by atoms with E-state index >= 15 is 0 Å². The normalized spacial score (nSPS) is 15.7. The molecule has 0 radical (unpaired) electrons. The topological polar surface area (TPSA) is 76.1 Å². The van der Waals surface area contributed by atoms with E-state index in [1.54, 1.807) is 56.0 Å². The van der Waals surface area contributed by atoms with Crippen LogP contribution in [-0.4, -0.2) is 47.4 Å². The van der Waals surface area contributed by atoms with Gasteiger partial charge in [0, 0.05) is 16.6 Å². The molecule has 0 aromatic heterocycles. The van der Waals surface area contributed by atoms with Crippen molar-refractivity contribution in [1.82, 2.24) is 4.90 Å². The number of esters is 1. The van der Waals surface area contributed by atoms with Gasteiger partial charge in [0.1, 0.15) is 11.4 Å². The van der Waals surface area contributed by atoms with Crippen LogP contribution in [0.5, 0.6) is 0 Å². The number of hydrogen-bond acceptors (Lipinski definition) is 5. The number of carbonyl (C=O) groups excluding carboxylic acids is 2. The molecule has 6 nitrogen and oxygen atoms in total. The summed E-state index contributed by atoms with van der Waals surface area (Å²) in [5.74, 6) is -1.12. The lowest BCUT2D eigenvalue weighted by molar-refractivity contribution is 0.00195. The molecule has 39 heavy (non-hydrogen) atoms. The van der Waals surface area contributed by atoms with Crippen molar-refractivity contribution < 1.29 is 28.6 Å². The van der Waals surface area contributed by atoms with E-state index in [-0.39, 0.29) is 18.2 Å². The molecule has 206 valence electrons. The molecule has 0 unspecified atom stereocenters. The predicted molar refractivity (Wildman–Crippen MR) is 148 cm³/mol. The molecule has 4 rings (SSSR count). The molecule has 2 atom stereocenters. The molecule has 0 heterocycles. The molecule has 1 aliphatic rings. The summed E-state index contributed by atoms with van der Waals surface area (Å²) in [6, 6.07) is 16.7. The van der Waals surface area contributed by atoms with E-state index in [2.05, 4.69) is 4.74 Å². The average molecular weight is 554 g/mol. The molecular formula is C31H33ClFNO5. The van der Waals surface area contributed by atoms with Gasteiger partial charge in [0.25, 0.3) is 0 Å². The van der Waals surface area contributed by atoms with Gasteiger partial charge in [-0.1, -0.05) is 48.0 Å². The van der Waals surface area contributed by atoms with Crippen LogP contribution in [-0.2, 0) is 22.3 Å². The number of aryl methyl sites for hydroxylation is 1. The van der Waals surface area contributed by atoms with Gasteiger partial charge in [-0.2, -0.15) is 0 Å². The standard InChI is InChI=1S/C31H33ClFNO5/c1-31(2,3)39-30(37)34(18-28(35)20-7-11-24(32)12-8-20)25-13-9-19-5-6-21(15-23(19)16-25)26-14-10-22(17-27(26)33)29(36)38-4/h5-8,10-12,14-15,17,25,28,35H,9,13,16,18H2,1-4H3/t25-,28-/m0/s1. The van der Waals surface area contributed by atoms with Crippen LogP contribution in [0.3, 0.4) is 0 Å². The number of carbonyl (C=O) groups is 2. The van der Waals surface area contributed by atoms with Crippen molar-refractivity contribution in [3.05, 3.63) is 93.8 Å². The van der Waals surface area contributed by atoms with E-state index in [0.717, 1.165) is 17.5 Å². The van der Waals surface area contributed by atoms with Gasteiger partial charge in [-0.15, -0.1) is 0 Å². The molecule has 3 aromatic rings. The molecule has 0 aliphatic heterocycles. The fourth-order valence-corrected chi connectivity index (χ4v) is 4.96. The van der Waals surface area contributed by atoms with Crippen molar-refractivity contribution in [2.45, 2.75) is 57.8 Å². The Morgan fingerprint density at radius 2 is 1.79 bits per heavy atom. The number of nitrogens with zero attached hydrogens (tertiary/aromatic N) is 1. The Morgan fingerprint density at radius 3 is 2.44 bits per heavy atom. The first-order valence-corrected chi connectivity index (χ1v) is 13.3. The van der Waals surface area contributed by atoms with E-state index in [1.807, 2.05) is 18.2 Å². The van der Waals surface area contributed by atoms with Gasteiger partial charge in [0.05, 0.1) is 25.3 Å². The van der Waals surface area contributed by atoms with Crippen molar-refractivity contribution in [3.8, 4) is 11.1 Å². The molecule has 0 saturated heterocycles. The highest BCUT2D eigenvalue weighted by Crippen LogP contribution is 2.32. The zero-order valence-corrected chi connectivity index (χ0v) is 23.3. The Hall–Kier alpha value is -3.42. The number of aliphatic hydroxyl groups is 1. The van der Waals surface area contributed by atoms with Crippen molar-refractivity contribution in [1.29, 1.82) is 0 Å². The smallest absolute Gasteiger partial charge is 0.410 e. The fourth-order valence-electron chi connectivity index (χ4n) is 4.84. The van der Waals surface area contributed by atoms with E-state index in [0.29, 0.717) is 34.6 Å². The SMILES string of the molecule is COC(=O)c1ccc(-c2ccc3c(c2)C[C@@H](N(C[C@H](O)c2ccc(Cl)cc2)C(=O)OC(C)(C)C)CC3)c(F)c1. The van der Waals surface area contributed by atoms with Crippen molar-refractivity contribution in [2.75, 3.05) is 13.7 Å². The Balaban J connectivity index is 1.60. The molecule has 0 fully saturated rings. The number of rotatable bonds is 6. The van der Waals surface area contributed by atoms with Crippen LogP contribution >= 0.6 is 11.6 Å². The van der Waals surface area contributed by atoms with E-state index in [1.165, 1.54) is 19.2 Å². The quantitative estimate of drug-likeness (QED) is 0.341. The highest BCUT2D eigenvalue weighted by Gasteiger charge is 2.33. The Labute approximate surface area is 233 Å². The number of fused-ring (bicyclic) bond motifs is 1. The molecule has 1 aliphatic carbocycles. The summed E-state index contributed by atoms with van der Waals surface area (Å²) in [6.45, 7) is 5.48. The Morgan fingerprint density at radius 1 is 1.08 bits per heavy atom. The fraction of sp³-hybridized carbons (Fsp3) is 0.355. The molecule has 8 heteroatoms. The minimum Gasteiger partial charge on any atom is -0.465 e. The second-order valence-electron chi connectivity index (χ2n) is 10.8. The first-order chi connectivity index (χ1) is 18.4. The highest BCUT2D eigenvalue weighted by molar-refractivity contribution is 6.30. The van der Waals surface area contributed by atoms with Crippen LogP contribution in [0.15, 0.2) is 60.7 Å². The molecule has 0 spiro atoms. The maximum atomic E-state index is 14.9. The Kier molecular flexibility index (Phi) is 8.62. The molecule has 3 aromatic carbocycles. The van der Waals surface area contributed by atoms with Gasteiger partial charge in [-0.3, -0.25) is 0 Å². The van der Waals surface area contributed by atoms with Gasteiger partial charge in [0.2, 0.25) is 0 Å². The minimum atomic E-state index is -0.926. The van der Waals surface area contributed by atoms with Crippen molar-refractivity contribution in [3.63, 3.8) is 0 Å². The van der Waals surface area contributed by atoms with Gasteiger partial charge in [-0.25, -0.2) is 14.0 Å². The summed E-state index contributed by atoms with van der Waals surface area (Å²) >= 11 is 6.00. The molecule has 1 amide bonds. The summed E-state index contributed by atoms with van der Waals surface area (Å²) < 4.78 is 25.3. The van der Waals surface area contributed by atoms with Crippen LogP contribution in [0.25, 0.3) is 11.1 Å². The number of amides is 1. The number of methoxy groups -OCH3 is 1. The van der Waals surface area contributed by atoms with Crippen LogP contribution in [0.2, 0.25) is 5.02 Å². The van der Waals surface area contributed by atoms with Crippen LogP contribution in [0, 0.1) is 5.82 Å². The van der Waals surface area contributed by atoms with Gasteiger partial charge < -0.3 is 19.5 Å². The Bertz CT molecular complexity index is 1350. The number of aliphatic hydroxyl groups excluding tert-OH is 1. The molecule has 1 N–H and O–H groups in total. The second-order valence-corrected chi connectivity index (χ2v) is 11.2. The number of hydrogen-bond donors (Lipinski definition) is 1. The molecular weight excluding hydrogens is 521 g/mol. The maximum Gasteiger partial charge on any atom is 0.410 e. The van der Waals surface area contributed by atoms with Crippen LogP contribution in [0.4, 0.5) is 9.18 Å². The lowest BCUT2D eigenvalue weighted by Crippen LogP contribution is -2.47. The number of halogens is 2. The minimum absolute atomic E-state index is 0.0554. The highest BCUT2D eigenvalue weighted by atomic mass is 35.5. The zero-order chi connectivity index (χ0) is 28.3. The van der Waals surface area contributed by atoms with Crippen molar-refractivity contribution in [2.24, 2.45) is 0 Å². The van der Waals surface area contributed by atoms with E-state index < -0.39 is 29.6 Å². The first kappa shape index (κ1) is 28.6. The summed E-state index contributed by atoms with van der Waals surface area (Å²) in [5.41, 5.74) is 3.26. The third-order valence-electron chi connectivity index (χ3n) is 6.80. The summed E-state index contributed by atoms with van der Waals surface area (Å²) in [7, 11) is 1.25. The second kappa shape index (κ2) is 11.8. The van der Waals surface area contributed by atoms with E-state index in [9.17, 15) is 19.1 Å². The lowest BCUT2D eigenvalue weighted by Gasteiger charge is -2.37. The van der Waals surface area contributed by atoms with Crippen LogP contribution in [0.1, 0.15) is 60.3 Å². The molecule has 0 bridgehead atoms. The predicted octanol–water partition coefficient (Wildman–Crippen LogP) is 6.76. The summed E-state index contributed by atoms with van der Waals surface area (Å²) in [6.07, 6.45) is 0.522. The third-order valence-corrected chi connectivity index (χ3v) is 7.06. The first-order valence-electron chi connectivity index (χ1n) is 12.9. The maximum absolute atomic E-state index is 14.9. The van der Waals surface area contributed by atoms with Gasteiger partial charge >= 0.3 is 12.1 Å². The third kappa shape index (κ3) is 6.97. The number of ether oxygens (including phenoxy) is 2. The summed E-state index contributed by atoms with van der Waals surface area (Å²) in [4.78, 5) is 26.7. The summed E-state index contributed by atoms with van der Waals surface area (Å²) in [5, 5.41) is 11.6. The lowest BCUT2D eigenvalue weighted by atomic mass is 9.85. The van der Waals surface area contributed by atoms with Gasteiger partial charge in [0.15, 0.2) is 0 Å². The van der Waals surface area contributed by atoms with Crippen LogP contribution < -0.4 is 0 Å². The zero-order valence-electron chi connectivity index (χ0n) is 22.5. The number of benzene rings is 3. The van der Waals surface area contributed by atoms with Gasteiger partial charge in [-0.05, 0) is 86.6 Å². The average Bonchev–Trinajstić information content (AvgIpc) is 2.89. The van der Waals surface area contributed by atoms with Crippen molar-refractivity contribution >= 4 is 23.7 Å². The monoisotopic (exact) mass is 553 g/mol. The largest absolute Gasteiger partial charge is 0.465 e.